The van der Waals surface area contributed by atoms with Crippen LogP contribution in [0.4, 0.5) is 4.39 Å². The van der Waals surface area contributed by atoms with E-state index in [2.05, 4.69) is 4.72 Å². The third kappa shape index (κ3) is 4.99. The second-order valence-electron chi connectivity index (χ2n) is 3.65. The molecule has 1 atom stereocenters. The molecule has 1 unspecified atom stereocenters. The molecule has 1 aromatic carbocycles. The van der Waals surface area contributed by atoms with E-state index in [1.165, 1.54) is 18.2 Å². The molecule has 0 heterocycles. The summed E-state index contributed by atoms with van der Waals surface area (Å²) in [6.07, 6.45) is 0. The van der Waals surface area contributed by atoms with Gasteiger partial charge in [-0.2, -0.15) is 0 Å². The first kappa shape index (κ1) is 16.3. The average molecular weight is 283 g/mol. The summed E-state index contributed by atoms with van der Waals surface area (Å²) in [5, 5.41) is 0. The van der Waals surface area contributed by atoms with Gasteiger partial charge in [0.15, 0.2) is 0 Å². The van der Waals surface area contributed by atoms with Crippen LogP contribution in [0.2, 0.25) is 0 Å². The second-order valence-corrected chi connectivity index (χ2v) is 5.42. The van der Waals surface area contributed by atoms with Gasteiger partial charge in [0.05, 0.1) is 4.90 Å². The van der Waals surface area contributed by atoms with Gasteiger partial charge in [-0.05, 0) is 30.7 Å². The Morgan fingerprint density at radius 2 is 2.12 bits per heavy atom. The van der Waals surface area contributed by atoms with Crippen LogP contribution in [0.1, 0.15) is 6.92 Å². The van der Waals surface area contributed by atoms with E-state index in [1.807, 2.05) is 6.92 Å². The summed E-state index contributed by atoms with van der Waals surface area (Å²) in [7, 11) is -3.63. The van der Waals surface area contributed by atoms with Gasteiger partial charge in [-0.3, -0.25) is 0 Å². The Bertz CT molecular complexity index is 453. The molecule has 0 fully saturated rings. The highest BCUT2D eigenvalue weighted by atomic mass is 35.5. The topological polar surface area (TPSA) is 72.2 Å². The molecule has 0 aliphatic heterocycles. The molecule has 98 valence electrons. The van der Waals surface area contributed by atoms with Gasteiger partial charge in [0, 0.05) is 6.54 Å². The molecule has 1 rings (SSSR count). The Labute approximate surface area is 107 Å². The summed E-state index contributed by atoms with van der Waals surface area (Å²) in [5.74, 6) is -0.530. The van der Waals surface area contributed by atoms with E-state index in [9.17, 15) is 12.8 Å². The van der Waals surface area contributed by atoms with Crippen molar-refractivity contribution in [2.24, 2.45) is 11.7 Å². The first-order valence-corrected chi connectivity index (χ1v) is 6.39. The summed E-state index contributed by atoms with van der Waals surface area (Å²) in [6.45, 7) is 2.47. The van der Waals surface area contributed by atoms with E-state index in [0.29, 0.717) is 6.54 Å². The highest BCUT2D eigenvalue weighted by molar-refractivity contribution is 7.89. The maximum atomic E-state index is 12.9. The van der Waals surface area contributed by atoms with Crippen molar-refractivity contribution in [2.75, 3.05) is 13.1 Å². The first-order chi connectivity index (χ1) is 7.45. The summed E-state index contributed by atoms with van der Waals surface area (Å²) < 4.78 is 38.6. The molecule has 0 amide bonds. The fourth-order valence-electron chi connectivity index (χ4n) is 1.05. The summed E-state index contributed by atoms with van der Waals surface area (Å²) >= 11 is 0. The zero-order valence-corrected chi connectivity index (χ0v) is 11.0. The van der Waals surface area contributed by atoms with Crippen LogP contribution in [-0.4, -0.2) is 21.5 Å². The molecule has 0 saturated heterocycles. The molecule has 0 spiro atoms. The summed E-state index contributed by atoms with van der Waals surface area (Å²) in [4.78, 5) is -0.0725. The third-order valence-electron chi connectivity index (χ3n) is 2.13. The largest absolute Gasteiger partial charge is 0.330 e. The lowest BCUT2D eigenvalue weighted by atomic mass is 10.2. The number of hydrogen-bond donors (Lipinski definition) is 2. The van der Waals surface area contributed by atoms with Crippen LogP contribution in [-0.2, 0) is 10.0 Å². The highest BCUT2D eigenvalue weighted by Crippen LogP contribution is 2.10. The minimum atomic E-state index is -3.63. The van der Waals surface area contributed by atoms with Crippen LogP contribution in [0.25, 0.3) is 0 Å². The Morgan fingerprint density at radius 1 is 1.47 bits per heavy atom. The van der Waals surface area contributed by atoms with Gasteiger partial charge >= 0.3 is 0 Å². The van der Waals surface area contributed by atoms with E-state index in [-0.39, 0.29) is 29.8 Å². The van der Waals surface area contributed by atoms with E-state index < -0.39 is 15.8 Å². The van der Waals surface area contributed by atoms with Crippen molar-refractivity contribution in [1.29, 1.82) is 0 Å². The molecule has 7 heteroatoms. The van der Waals surface area contributed by atoms with Crippen LogP contribution in [0.15, 0.2) is 29.2 Å². The Morgan fingerprint density at radius 3 is 2.65 bits per heavy atom. The number of halogens is 2. The molecule has 3 N–H and O–H groups in total. The Balaban J connectivity index is 0.00000256. The lowest BCUT2D eigenvalue weighted by Gasteiger charge is -2.10. The minimum absolute atomic E-state index is 0. The molecule has 0 radical (unpaired) electrons. The predicted octanol–water partition coefficient (Wildman–Crippen LogP) is 1.12. The Kier molecular flexibility index (Phi) is 6.62. The molecule has 0 saturated carbocycles. The smallest absolute Gasteiger partial charge is 0.240 e. The lowest BCUT2D eigenvalue weighted by Crippen LogP contribution is -2.31. The third-order valence-corrected chi connectivity index (χ3v) is 3.55. The molecule has 0 aromatic heterocycles. The van der Waals surface area contributed by atoms with Crippen LogP contribution in [0, 0.1) is 11.7 Å². The number of hydrogen-bond acceptors (Lipinski definition) is 3. The fourth-order valence-corrected chi connectivity index (χ4v) is 2.25. The second kappa shape index (κ2) is 6.90. The van der Waals surface area contributed by atoms with Crippen molar-refractivity contribution < 1.29 is 12.8 Å². The number of sulfonamides is 1. The van der Waals surface area contributed by atoms with Gasteiger partial charge in [-0.25, -0.2) is 17.5 Å². The standard InChI is InChI=1S/C10H15FN2O2S.ClH/c1-8(6-12)7-13-16(14,15)10-4-2-3-9(11)5-10;/h2-5,8,13H,6-7,12H2,1H3;1H. The molecule has 17 heavy (non-hydrogen) atoms. The van der Waals surface area contributed by atoms with Crippen LogP contribution < -0.4 is 10.5 Å². The van der Waals surface area contributed by atoms with Crippen molar-refractivity contribution in [3.63, 3.8) is 0 Å². The molecule has 4 nitrogen and oxygen atoms in total. The van der Waals surface area contributed by atoms with E-state index in [1.54, 1.807) is 0 Å². The normalized spacial score (nSPS) is 12.9. The number of nitrogens with two attached hydrogens (primary N) is 1. The lowest BCUT2D eigenvalue weighted by molar-refractivity contribution is 0.543. The maximum Gasteiger partial charge on any atom is 0.240 e. The molecule has 0 aliphatic carbocycles. The molecular formula is C10H16ClFN2O2S. The molecule has 1 aromatic rings. The van der Waals surface area contributed by atoms with Gasteiger partial charge in [0.25, 0.3) is 0 Å². The van der Waals surface area contributed by atoms with Crippen LogP contribution in [0.5, 0.6) is 0 Å². The van der Waals surface area contributed by atoms with Gasteiger partial charge < -0.3 is 5.73 Å². The zero-order valence-electron chi connectivity index (χ0n) is 9.39. The highest BCUT2D eigenvalue weighted by Gasteiger charge is 2.14. The predicted molar refractivity (Wildman–Crippen MR) is 67.1 cm³/mol. The quantitative estimate of drug-likeness (QED) is 0.850. The SMILES string of the molecule is CC(CN)CNS(=O)(=O)c1cccc(F)c1.Cl. The summed E-state index contributed by atoms with van der Waals surface area (Å²) in [5.41, 5.74) is 5.37. The Hall–Kier alpha value is -0.690. The van der Waals surface area contributed by atoms with E-state index in [0.717, 1.165) is 6.07 Å². The zero-order chi connectivity index (χ0) is 12.2. The van der Waals surface area contributed by atoms with Crippen molar-refractivity contribution in [3.05, 3.63) is 30.1 Å². The average Bonchev–Trinajstić information content (AvgIpc) is 2.26. The number of rotatable bonds is 5. The minimum Gasteiger partial charge on any atom is -0.330 e. The van der Waals surface area contributed by atoms with Crippen molar-refractivity contribution >= 4 is 22.4 Å². The summed E-state index contributed by atoms with van der Waals surface area (Å²) in [6, 6.07) is 4.88. The van der Waals surface area contributed by atoms with Gasteiger partial charge in [0.1, 0.15) is 5.82 Å². The van der Waals surface area contributed by atoms with Crippen LogP contribution >= 0.6 is 12.4 Å². The van der Waals surface area contributed by atoms with Gasteiger partial charge in [-0.15, -0.1) is 12.4 Å². The molecule has 0 aliphatic rings. The van der Waals surface area contributed by atoms with Crippen molar-refractivity contribution in [3.8, 4) is 0 Å². The number of nitrogens with one attached hydrogen (secondary N) is 1. The van der Waals surface area contributed by atoms with E-state index in [4.69, 9.17) is 5.73 Å². The van der Waals surface area contributed by atoms with Gasteiger partial charge in [-0.1, -0.05) is 13.0 Å². The molecule has 0 bridgehead atoms. The van der Waals surface area contributed by atoms with E-state index >= 15 is 0 Å². The maximum absolute atomic E-state index is 12.9. The van der Waals surface area contributed by atoms with Gasteiger partial charge in [0.2, 0.25) is 10.0 Å². The number of benzene rings is 1. The van der Waals surface area contributed by atoms with Crippen LogP contribution in [0.3, 0.4) is 0 Å². The fraction of sp³-hybridized carbons (Fsp3) is 0.400. The van der Waals surface area contributed by atoms with Crippen molar-refractivity contribution in [1.82, 2.24) is 4.72 Å². The first-order valence-electron chi connectivity index (χ1n) is 4.91. The molecular weight excluding hydrogens is 267 g/mol. The van der Waals surface area contributed by atoms with Crippen molar-refractivity contribution in [2.45, 2.75) is 11.8 Å². The monoisotopic (exact) mass is 282 g/mol.